The number of furan rings is 1. The minimum atomic E-state index is 0. The van der Waals surface area contributed by atoms with Gasteiger partial charge >= 0.3 is 0 Å². The Labute approximate surface area is 193 Å². The second-order valence-electron chi connectivity index (χ2n) is 7.12. The van der Waals surface area contributed by atoms with E-state index < -0.39 is 0 Å². The van der Waals surface area contributed by atoms with Crippen LogP contribution in [0, 0.1) is 0 Å². The van der Waals surface area contributed by atoms with Crippen molar-refractivity contribution in [3.63, 3.8) is 0 Å². The summed E-state index contributed by atoms with van der Waals surface area (Å²) in [4.78, 5) is 11.1. The molecule has 1 aliphatic heterocycles. The third-order valence-electron chi connectivity index (χ3n) is 5.21. The first-order valence-electron chi connectivity index (χ1n) is 10.00. The highest BCUT2D eigenvalue weighted by Crippen LogP contribution is 2.24. The molecule has 1 atom stereocenters. The number of halogens is 1. The third-order valence-corrected chi connectivity index (χ3v) is 5.21. The number of rotatable bonds is 7. The molecule has 1 aromatic carbocycles. The molecule has 0 spiro atoms. The number of aromatic amines is 1. The van der Waals surface area contributed by atoms with Crippen LogP contribution in [0.15, 0.2) is 58.4 Å². The van der Waals surface area contributed by atoms with Crippen LogP contribution in [-0.2, 0) is 6.54 Å². The van der Waals surface area contributed by atoms with Crippen LogP contribution in [0.25, 0.3) is 11.4 Å². The maximum Gasteiger partial charge on any atom is 0.191 e. The van der Waals surface area contributed by atoms with Crippen LogP contribution in [-0.4, -0.2) is 52.7 Å². The molecule has 0 aliphatic carbocycles. The Hall–Kier alpha value is -2.40. The summed E-state index contributed by atoms with van der Waals surface area (Å²) in [7, 11) is 1.79. The Morgan fingerprint density at radius 2 is 2.10 bits per heavy atom. The number of hydrogen-bond donors (Lipinski definition) is 3. The fourth-order valence-corrected chi connectivity index (χ4v) is 3.72. The van der Waals surface area contributed by atoms with Crippen molar-refractivity contribution >= 4 is 29.9 Å². The molecule has 30 heavy (non-hydrogen) atoms. The summed E-state index contributed by atoms with van der Waals surface area (Å²) in [5.74, 6) is 2.53. The lowest BCUT2D eigenvalue weighted by Crippen LogP contribution is -2.42. The maximum absolute atomic E-state index is 5.70. The number of aliphatic imine (C=N–C) groups is 1. The van der Waals surface area contributed by atoms with E-state index in [4.69, 9.17) is 4.42 Å². The zero-order valence-electron chi connectivity index (χ0n) is 17.0. The van der Waals surface area contributed by atoms with Crippen molar-refractivity contribution in [3.05, 3.63) is 60.3 Å². The highest BCUT2D eigenvalue weighted by atomic mass is 127. The van der Waals surface area contributed by atoms with Crippen LogP contribution >= 0.6 is 24.0 Å². The summed E-state index contributed by atoms with van der Waals surface area (Å²) >= 11 is 0. The van der Waals surface area contributed by atoms with Crippen molar-refractivity contribution in [2.24, 2.45) is 4.99 Å². The van der Waals surface area contributed by atoms with Crippen molar-refractivity contribution in [1.29, 1.82) is 0 Å². The first-order valence-corrected chi connectivity index (χ1v) is 10.00. The van der Waals surface area contributed by atoms with E-state index in [1.54, 1.807) is 13.3 Å². The van der Waals surface area contributed by atoms with Gasteiger partial charge in [-0.25, -0.2) is 4.98 Å². The summed E-state index contributed by atoms with van der Waals surface area (Å²) in [5.41, 5.74) is 2.15. The van der Waals surface area contributed by atoms with Crippen LogP contribution in [0.5, 0.6) is 0 Å². The molecule has 3 aromatic rings. The molecule has 1 unspecified atom stereocenters. The van der Waals surface area contributed by atoms with Gasteiger partial charge < -0.3 is 15.1 Å². The van der Waals surface area contributed by atoms with Crippen molar-refractivity contribution in [3.8, 4) is 11.4 Å². The quantitative estimate of drug-likeness (QED) is 0.251. The SMILES string of the molecule is CN=C(NCc1cccc(-c2ncn[nH]2)c1)NCC(c1ccco1)N1CCCC1.I. The molecule has 160 valence electrons. The minimum Gasteiger partial charge on any atom is -0.468 e. The van der Waals surface area contributed by atoms with E-state index in [1.165, 1.54) is 19.2 Å². The number of benzene rings is 1. The highest BCUT2D eigenvalue weighted by Gasteiger charge is 2.25. The zero-order valence-corrected chi connectivity index (χ0v) is 19.4. The summed E-state index contributed by atoms with van der Waals surface area (Å²) in [6.07, 6.45) is 5.74. The van der Waals surface area contributed by atoms with E-state index in [2.05, 4.69) is 53.9 Å². The normalized spacial score (nSPS) is 15.6. The summed E-state index contributed by atoms with van der Waals surface area (Å²) in [5, 5.41) is 13.7. The Morgan fingerprint density at radius 3 is 2.80 bits per heavy atom. The van der Waals surface area contributed by atoms with Gasteiger partial charge in [0.15, 0.2) is 11.8 Å². The number of H-pyrrole nitrogens is 1. The van der Waals surface area contributed by atoms with Crippen molar-refractivity contribution in [2.45, 2.75) is 25.4 Å². The Bertz CT molecular complexity index is 905. The molecule has 9 heteroatoms. The van der Waals surface area contributed by atoms with Gasteiger partial charge in [0, 0.05) is 25.7 Å². The highest BCUT2D eigenvalue weighted by molar-refractivity contribution is 14.0. The Morgan fingerprint density at radius 1 is 1.23 bits per heavy atom. The molecule has 2 aromatic heterocycles. The number of guanidine groups is 1. The number of likely N-dealkylation sites (tertiary alicyclic amines) is 1. The molecule has 1 fully saturated rings. The average Bonchev–Trinajstić information content (AvgIpc) is 3.54. The lowest BCUT2D eigenvalue weighted by molar-refractivity contribution is 0.215. The summed E-state index contributed by atoms with van der Waals surface area (Å²) in [6.45, 7) is 3.61. The molecule has 1 saturated heterocycles. The maximum atomic E-state index is 5.70. The van der Waals surface area contributed by atoms with E-state index in [0.717, 1.165) is 48.3 Å². The van der Waals surface area contributed by atoms with Crippen LogP contribution in [0.4, 0.5) is 0 Å². The first kappa shape index (κ1) is 22.3. The van der Waals surface area contributed by atoms with Gasteiger partial charge in [-0.05, 0) is 49.7 Å². The Kier molecular flexibility index (Phi) is 8.26. The Balaban J connectivity index is 0.00000256. The fraction of sp³-hybridized carbons (Fsp3) is 0.381. The smallest absolute Gasteiger partial charge is 0.191 e. The first-order chi connectivity index (χ1) is 14.3. The standard InChI is InChI=1S/C21H27N7O.HI/c1-22-21(23-13-16-6-4-7-17(12-16)20-25-15-26-27-20)24-14-18(19-8-5-11-29-19)28-9-2-3-10-28;/h4-8,11-12,15,18H,2-3,9-10,13-14H2,1H3,(H2,22,23,24)(H,25,26,27);1H. The van der Waals surface area contributed by atoms with E-state index in [1.807, 2.05) is 18.2 Å². The molecule has 0 bridgehead atoms. The van der Waals surface area contributed by atoms with Crippen LogP contribution in [0.1, 0.15) is 30.2 Å². The zero-order chi connectivity index (χ0) is 19.9. The van der Waals surface area contributed by atoms with Gasteiger partial charge in [0.1, 0.15) is 12.1 Å². The van der Waals surface area contributed by atoms with Gasteiger partial charge in [-0.2, -0.15) is 5.10 Å². The fourth-order valence-electron chi connectivity index (χ4n) is 3.72. The number of nitrogens with zero attached hydrogens (tertiary/aromatic N) is 4. The molecular weight excluding hydrogens is 493 g/mol. The summed E-state index contributed by atoms with van der Waals surface area (Å²) < 4.78 is 5.70. The van der Waals surface area contributed by atoms with E-state index in [0.29, 0.717) is 6.54 Å². The van der Waals surface area contributed by atoms with E-state index >= 15 is 0 Å². The minimum absolute atomic E-state index is 0. The largest absolute Gasteiger partial charge is 0.468 e. The second-order valence-corrected chi connectivity index (χ2v) is 7.12. The summed E-state index contributed by atoms with van der Waals surface area (Å²) in [6, 6.07) is 12.4. The molecule has 3 heterocycles. The van der Waals surface area contributed by atoms with Gasteiger partial charge in [0.25, 0.3) is 0 Å². The lowest BCUT2D eigenvalue weighted by atomic mass is 10.1. The van der Waals surface area contributed by atoms with E-state index in [9.17, 15) is 0 Å². The van der Waals surface area contributed by atoms with Gasteiger partial charge in [-0.3, -0.25) is 15.0 Å². The number of aromatic nitrogens is 3. The molecular formula is C21H28IN7O. The van der Waals surface area contributed by atoms with Crippen LogP contribution in [0.2, 0.25) is 0 Å². The lowest BCUT2D eigenvalue weighted by Gasteiger charge is -2.26. The molecule has 3 N–H and O–H groups in total. The van der Waals surface area contributed by atoms with Crippen molar-refractivity contribution in [1.82, 2.24) is 30.7 Å². The second kappa shape index (κ2) is 11.1. The van der Waals surface area contributed by atoms with Crippen molar-refractivity contribution in [2.75, 3.05) is 26.7 Å². The number of hydrogen-bond acceptors (Lipinski definition) is 5. The van der Waals surface area contributed by atoms with Crippen LogP contribution in [0.3, 0.4) is 0 Å². The number of nitrogens with one attached hydrogen (secondary N) is 3. The van der Waals surface area contributed by atoms with Crippen molar-refractivity contribution < 1.29 is 4.42 Å². The molecule has 0 radical (unpaired) electrons. The van der Waals surface area contributed by atoms with Gasteiger partial charge in [0.2, 0.25) is 0 Å². The van der Waals surface area contributed by atoms with Gasteiger partial charge in [0.05, 0.1) is 12.3 Å². The predicted molar refractivity (Wildman–Crippen MR) is 128 cm³/mol. The molecule has 4 rings (SSSR count). The predicted octanol–water partition coefficient (Wildman–Crippen LogP) is 3.18. The van der Waals surface area contributed by atoms with Gasteiger partial charge in [-0.1, -0.05) is 18.2 Å². The monoisotopic (exact) mass is 521 g/mol. The molecule has 1 aliphatic rings. The topological polar surface area (TPSA) is 94.4 Å². The van der Waals surface area contributed by atoms with Gasteiger partial charge in [-0.15, -0.1) is 24.0 Å². The van der Waals surface area contributed by atoms with E-state index in [-0.39, 0.29) is 30.0 Å². The van der Waals surface area contributed by atoms with Crippen LogP contribution < -0.4 is 10.6 Å². The molecule has 0 saturated carbocycles. The molecule has 0 amide bonds. The molecule has 8 nitrogen and oxygen atoms in total. The third kappa shape index (κ3) is 5.60. The average molecular weight is 521 g/mol.